The fraction of sp³-hybridized carbons (Fsp3) is 1.00. The fourth-order valence-electron chi connectivity index (χ4n) is 1.62. The van der Waals surface area contributed by atoms with Gasteiger partial charge in [0.25, 0.3) is 0 Å². The zero-order chi connectivity index (χ0) is 9.30. The van der Waals surface area contributed by atoms with Gasteiger partial charge in [-0.1, -0.05) is 0 Å². The van der Waals surface area contributed by atoms with E-state index < -0.39 is 18.3 Å². The van der Waals surface area contributed by atoms with Crippen molar-refractivity contribution in [3.63, 3.8) is 0 Å². The normalized spacial score (nSPS) is 44.8. The molecule has 12 heavy (non-hydrogen) atoms. The summed E-state index contributed by atoms with van der Waals surface area (Å²) < 4.78 is 5.01. The number of ether oxygens (including phenoxy) is 1. The van der Waals surface area contributed by atoms with Gasteiger partial charge < -0.3 is 14.9 Å². The first-order valence-electron chi connectivity index (χ1n) is 4.17. The highest BCUT2D eigenvalue weighted by Crippen LogP contribution is 2.18. The number of methoxy groups -OCH3 is 1. The lowest BCUT2D eigenvalue weighted by atomic mass is 9.95. The lowest BCUT2D eigenvalue weighted by molar-refractivity contribution is -0.141. The average Bonchev–Trinajstić information content (AvgIpc) is 2.01. The Labute approximate surface area is 72.7 Å². The summed E-state index contributed by atoms with van der Waals surface area (Å²) in [7, 11) is 3.39. The van der Waals surface area contributed by atoms with Crippen LogP contribution in [0.5, 0.6) is 0 Å². The molecule has 1 aliphatic rings. The first kappa shape index (κ1) is 9.92. The molecule has 4 nitrogen and oxygen atoms in total. The van der Waals surface area contributed by atoms with Gasteiger partial charge >= 0.3 is 0 Å². The Bertz CT molecular complexity index is 153. The van der Waals surface area contributed by atoms with Gasteiger partial charge in [-0.15, -0.1) is 0 Å². The van der Waals surface area contributed by atoms with Gasteiger partial charge in [-0.2, -0.15) is 0 Å². The van der Waals surface area contributed by atoms with E-state index in [2.05, 4.69) is 0 Å². The van der Waals surface area contributed by atoms with Gasteiger partial charge in [0, 0.05) is 19.7 Å². The number of aliphatic hydroxyl groups excluding tert-OH is 2. The molecule has 0 bridgehead atoms. The zero-order valence-electron chi connectivity index (χ0n) is 7.77. The summed E-state index contributed by atoms with van der Waals surface area (Å²) in [5, 5.41) is 19.2. The molecule has 0 aromatic carbocycles. The van der Waals surface area contributed by atoms with E-state index in [0.29, 0.717) is 6.54 Å². The van der Waals surface area contributed by atoms with Crippen LogP contribution in [0.15, 0.2) is 0 Å². The summed E-state index contributed by atoms with van der Waals surface area (Å²) in [6, 6.07) is 0.0401. The maximum atomic E-state index is 9.65. The van der Waals surface area contributed by atoms with Crippen molar-refractivity contribution in [2.45, 2.75) is 31.3 Å². The largest absolute Gasteiger partial charge is 0.389 e. The summed E-state index contributed by atoms with van der Waals surface area (Å²) in [6.07, 6.45) is -1.65. The van der Waals surface area contributed by atoms with E-state index in [9.17, 15) is 10.2 Å². The third kappa shape index (κ3) is 1.61. The fourth-order valence-corrected chi connectivity index (χ4v) is 1.62. The molecule has 1 rings (SSSR count). The molecule has 0 radical (unpaired) electrons. The molecule has 4 atom stereocenters. The van der Waals surface area contributed by atoms with Gasteiger partial charge in [0.05, 0.1) is 12.2 Å². The van der Waals surface area contributed by atoms with Crippen LogP contribution in [-0.4, -0.2) is 60.2 Å². The molecule has 1 heterocycles. The molecule has 0 spiro atoms. The Morgan fingerprint density at radius 1 is 1.42 bits per heavy atom. The summed E-state index contributed by atoms with van der Waals surface area (Å²) in [4.78, 5) is 1.92. The smallest absolute Gasteiger partial charge is 0.112 e. The topological polar surface area (TPSA) is 52.9 Å². The first-order chi connectivity index (χ1) is 5.57. The Kier molecular flexibility index (Phi) is 3.06. The number of nitrogens with zero attached hydrogens (tertiary/aromatic N) is 1. The van der Waals surface area contributed by atoms with Crippen LogP contribution in [0.3, 0.4) is 0 Å². The van der Waals surface area contributed by atoms with Crippen molar-refractivity contribution in [2.75, 3.05) is 20.7 Å². The number of hydrogen-bond acceptors (Lipinski definition) is 4. The molecule has 2 N–H and O–H groups in total. The highest BCUT2D eigenvalue weighted by atomic mass is 16.5. The molecule has 4 heteroatoms. The molecule has 0 saturated carbocycles. The molecule has 0 unspecified atom stereocenters. The number of rotatable bonds is 1. The zero-order valence-corrected chi connectivity index (χ0v) is 7.77. The third-order valence-corrected chi connectivity index (χ3v) is 2.65. The van der Waals surface area contributed by atoms with Crippen LogP contribution in [0.2, 0.25) is 0 Å². The maximum absolute atomic E-state index is 9.65. The summed E-state index contributed by atoms with van der Waals surface area (Å²) in [5.41, 5.74) is 0. The second-order valence-electron chi connectivity index (χ2n) is 3.44. The second kappa shape index (κ2) is 3.70. The predicted molar refractivity (Wildman–Crippen MR) is 44.9 cm³/mol. The van der Waals surface area contributed by atoms with Crippen molar-refractivity contribution in [2.24, 2.45) is 0 Å². The third-order valence-electron chi connectivity index (χ3n) is 2.65. The molecular formula is C8H17NO3. The molecule has 0 aliphatic carbocycles. The van der Waals surface area contributed by atoms with Crippen LogP contribution in [0.25, 0.3) is 0 Å². The minimum atomic E-state index is -0.608. The van der Waals surface area contributed by atoms with E-state index in [4.69, 9.17) is 4.74 Å². The van der Waals surface area contributed by atoms with Gasteiger partial charge in [-0.3, -0.25) is 4.90 Å². The predicted octanol–water partition coefficient (Wildman–Crippen LogP) is -0.943. The number of likely N-dealkylation sites (N-methyl/N-ethyl adjacent to an activating group) is 1. The van der Waals surface area contributed by atoms with Gasteiger partial charge in [0.15, 0.2) is 0 Å². The van der Waals surface area contributed by atoms with E-state index in [-0.39, 0.29) is 6.04 Å². The minimum Gasteiger partial charge on any atom is -0.389 e. The number of β-amino-alcohol motifs (C(OH)–C–C–N with tert-alkyl or cyclic N) is 1. The van der Waals surface area contributed by atoms with Crippen LogP contribution < -0.4 is 0 Å². The monoisotopic (exact) mass is 175 g/mol. The van der Waals surface area contributed by atoms with Crippen molar-refractivity contribution in [3.05, 3.63) is 0 Å². The van der Waals surface area contributed by atoms with Crippen LogP contribution in [0.4, 0.5) is 0 Å². The maximum Gasteiger partial charge on any atom is 0.112 e. The molecule has 0 aromatic heterocycles. The van der Waals surface area contributed by atoms with Crippen LogP contribution in [0, 0.1) is 0 Å². The SMILES string of the molecule is CO[C@H]1[C@@H](O)[C@@H](C)N(C)C[C@@H]1O. The quantitative estimate of drug-likeness (QED) is 0.540. The summed E-state index contributed by atoms with van der Waals surface area (Å²) >= 11 is 0. The van der Waals surface area contributed by atoms with Crippen LogP contribution in [-0.2, 0) is 4.74 Å². The minimum absolute atomic E-state index is 0.0401. The Balaban J connectivity index is 2.65. The lowest BCUT2D eigenvalue weighted by Gasteiger charge is -2.41. The van der Waals surface area contributed by atoms with Crippen molar-refractivity contribution < 1.29 is 14.9 Å². The molecule has 72 valence electrons. The van der Waals surface area contributed by atoms with Crippen molar-refractivity contribution in [1.82, 2.24) is 4.90 Å². The van der Waals surface area contributed by atoms with Crippen LogP contribution in [0.1, 0.15) is 6.92 Å². The Hall–Kier alpha value is -0.160. The second-order valence-corrected chi connectivity index (χ2v) is 3.44. The molecule has 1 fully saturated rings. The molecule has 0 aromatic rings. The molecule has 1 saturated heterocycles. The van der Waals surface area contributed by atoms with Crippen LogP contribution >= 0.6 is 0 Å². The Morgan fingerprint density at radius 2 is 2.00 bits per heavy atom. The first-order valence-corrected chi connectivity index (χ1v) is 4.17. The molecule has 1 aliphatic heterocycles. The van der Waals surface area contributed by atoms with Crippen molar-refractivity contribution >= 4 is 0 Å². The van der Waals surface area contributed by atoms with E-state index in [1.54, 1.807) is 0 Å². The lowest BCUT2D eigenvalue weighted by Crippen LogP contribution is -2.59. The average molecular weight is 175 g/mol. The number of piperidine rings is 1. The summed E-state index contributed by atoms with van der Waals surface area (Å²) in [5.74, 6) is 0. The summed E-state index contributed by atoms with van der Waals surface area (Å²) in [6.45, 7) is 2.47. The van der Waals surface area contributed by atoms with Gasteiger partial charge in [-0.05, 0) is 14.0 Å². The van der Waals surface area contributed by atoms with Gasteiger partial charge in [-0.25, -0.2) is 0 Å². The van der Waals surface area contributed by atoms with Gasteiger partial charge in [0.2, 0.25) is 0 Å². The number of likely N-dealkylation sites (tertiary alicyclic amines) is 1. The standard InChI is InChI=1S/C8H17NO3/c1-5-7(11)8(12-3)6(10)4-9(5)2/h5-8,10-11H,4H2,1-3H3/t5-,6+,7+,8-/m1/s1. The van der Waals surface area contributed by atoms with Crippen molar-refractivity contribution in [1.29, 1.82) is 0 Å². The van der Waals surface area contributed by atoms with Gasteiger partial charge in [0.1, 0.15) is 6.10 Å². The van der Waals surface area contributed by atoms with E-state index in [0.717, 1.165) is 0 Å². The van der Waals surface area contributed by atoms with E-state index in [1.165, 1.54) is 7.11 Å². The molecule has 0 amide bonds. The number of aliphatic hydroxyl groups is 2. The molecular weight excluding hydrogens is 158 g/mol. The number of hydrogen-bond donors (Lipinski definition) is 2. The van der Waals surface area contributed by atoms with E-state index in [1.807, 2.05) is 18.9 Å². The van der Waals surface area contributed by atoms with E-state index >= 15 is 0 Å². The van der Waals surface area contributed by atoms with Crippen molar-refractivity contribution in [3.8, 4) is 0 Å². The Morgan fingerprint density at radius 3 is 2.50 bits per heavy atom. The highest BCUT2D eigenvalue weighted by molar-refractivity contribution is 4.91. The highest BCUT2D eigenvalue weighted by Gasteiger charge is 2.38.